The van der Waals surface area contributed by atoms with Crippen LogP contribution in [0.2, 0.25) is 5.02 Å². The second kappa shape index (κ2) is 11.4. The number of hydrogen-bond acceptors (Lipinski definition) is 8. The highest BCUT2D eigenvalue weighted by Gasteiger charge is 2.48. The van der Waals surface area contributed by atoms with Crippen LogP contribution in [-0.2, 0) is 14.3 Å². The number of Topliss-reactive ketones (excluding diaryl/α,β-unsaturated/α-hetero) is 1. The molecule has 0 spiro atoms. The Bertz CT molecular complexity index is 1430. The van der Waals surface area contributed by atoms with Crippen molar-refractivity contribution in [1.82, 2.24) is 4.98 Å². The van der Waals surface area contributed by atoms with Gasteiger partial charge in [0.25, 0.3) is 5.78 Å². The molecule has 0 bridgehead atoms. The molecule has 1 fully saturated rings. The quantitative estimate of drug-likeness (QED) is 0.157. The minimum absolute atomic E-state index is 0.0896. The first-order valence-electron chi connectivity index (χ1n) is 12.1. The van der Waals surface area contributed by atoms with Gasteiger partial charge in [0.1, 0.15) is 16.4 Å². The van der Waals surface area contributed by atoms with E-state index in [0.29, 0.717) is 39.8 Å². The highest BCUT2D eigenvalue weighted by molar-refractivity contribution is 7.17. The number of rotatable bonds is 8. The maximum atomic E-state index is 13.4. The molecule has 3 aromatic rings. The molecule has 1 N–H and O–H groups in total. The lowest BCUT2D eigenvalue weighted by molar-refractivity contribution is -0.132. The first kappa shape index (κ1) is 27.3. The molecule has 2 heterocycles. The summed E-state index contributed by atoms with van der Waals surface area (Å²) in [5, 5.41) is 12.1. The topological polar surface area (TPSA) is 106 Å². The molecular weight excluding hydrogens is 528 g/mol. The van der Waals surface area contributed by atoms with E-state index in [9.17, 15) is 19.5 Å². The van der Waals surface area contributed by atoms with E-state index in [0.717, 1.165) is 17.8 Å². The zero-order valence-corrected chi connectivity index (χ0v) is 23.0. The number of aromatic nitrogens is 1. The second-order valence-electron chi connectivity index (χ2n) is 8.68. The zero-order valence-electron chi connectivity index (χ0n) is 21.4. The highest BCUT2D eigenvalue weighted by atomic mass is 35.5. The van der Waals surface area contributed by atoms with Crippen molar-refractivity contribution < 1.29 is 29.0 Å². The fraction of sp³-hybridized carbons (Fsp3) is 0.286. The van der Waals surface area contributed by atoms with Gasteiger partial charge in [0.15, 0.2) is 5.13 Å². The molecule has 8 nitrogen and oxygen atoms in total. The first-order chi connectivity index (χ1) is 18.2. The Morgan fingerprint density at radius 2 is 1.84 bits per heavy atom. The van der Waals surface area contributed by atoms with Crippen LogP contribution in [0, 0.1) is 13.8 Å². The molecule has 0 radical (unpaired) electrons. The molecule has 10 heteroatoms. The van der Waals surface area contributed by atoms with Crippen LogP contribution in [0.15, 0.2) is 48.0 Å². The Kier molecular flexibility index (Phi) is 8.18. The van der Waals surface area contributed by atoms with Crippen LogP contribution in [0.5, 0.6) is 5.75 Å². The van der Waals surface area contributed by atoms with Gasteiger partial charge >= 0.3 is 11.9 Å². The summed E-state index contributed by atoms with van der Waals surface area (Å²) in [4.78, 5) is 45.1. The number of esters is 1. The molecule has 1 aliphatic rings. The third kappa shape index (κ3) is 5.16. The maximum absolute atomic E-state index is 13.4. The van der Waals surface area contributed by atoms with Crippen LogP contribution in [-0.4, -0.2) is 41.0 Å². The van der Waals surface area contributed by atoms with E-state index in [1.807, 2.05) is 6.92 Å². The number of ketones is 1. The summed E-state index contributed by atoms with van der Waals surface area (Å²) in [6.45, 7) is 7.85. The van der Waals surface area contributed by atoms with Crippen LogP contribution < -0.4 is 9.64 Å². The molecule has 1 aromatic heterocycles. The second-order valence-corrected chi connectivity index (χ2v) is 10.1. The Labute approximate surface area is 229 Å². The van der Waals surface area contributed by atoms with Crippen LogP contribution >= 0.6 is 22.9 Å². The molecule has 1 aliphatic heterocycles. The van der Waals surface area contributed by atoms with Gasteiger partial charge < -0.3 is 14.6 Å². The van der Waals surface area contributed by atoms with Crippen molar-refractivity contribution in [2.75, 3.05) is 18.1 Å². The van der Waals surface area contributed by atoms with Crippen molar-refractivity contribution in [2.45, 2.75) is 40.2 Å². The van der Waals surface area contributed by atoms with Crippen molar-refractivity contribution in [3.05, 3.63) is 80.3 Å². The molecule has 0 aliphatic carbocycles. The van der Waals surface area contributed by atoms with E-state index in [4.69, 9.17) is 21.1 Å². The number of amides is 1. The summed E-state index contributed by atoms with van der Waals surface area (Å²) < 4.78 is 10.8. The number of carbonyl (C=O) groups is 3. The van der Waals surface area contributed by atoms with Crippen molar-refractivity contribution >= 4 is 51.5 Å². The number of anilines is 1. The molecule has 1 atom stereocenters. The van der Waals surface area contributed by atoms with Gasteiger partial charge in [-0.15, -0.1) is 0 Å². The molecule has 2 aromatic carbocycles. The number of hydrogen-bond donors (Lipinski definition) is 1. The van der Waals surface area contributed by atoms with Crippen LogP contribution in [0.4, 0.5) is 5.13 Å². The lowest BCUT2D eigenvalue weighted by atomic mass is 9.94. The number of carbonyl (C=O) groups excluding carboxylic acids is 3. The van der Waals surface area contributed by atoms with E-state index in [2.05, 4.69) is 4.98 Å². The Balaban J connectivity index is 1.87. The first-order valence-corrected chi connectivity index (χ1v) is 13.3. The Hall–Kier alpha value is -3.69. The molecular formula is C28H27ClN2O6S. The molecule has 1 amide bonds. The summed E-state index contributed by atoms with van der Waals surface area (Å²) in [7, 11) is 0. The number of halogens is 1. The van der Waals surface area contributed by atoms with E-state index < -0.39 is 23.7 Å². The van der Waals surface area contributed by atoms with Gasteiger partial charge in [0.2, 0.25) is 0 Å². The summed E-state index contributed by atoms with van der Waals surface area (Å²) in [6, 6.07) is 10.8. The predicted molar refractivity (Wildman–Crippen MR) is 146 cm³/mol. The van der Waals surface area contributed by atoms with E-state index >= 15 is 0 Å². The van der Waals surface area contributed by atoms with Gasteiger partial charge in [0, 0.05) is 10.6 Å². The Morgan fingerprint density at radius 1 is 1.13 bits per heavy atom. The molecule has 38 heavy (non-hydrogen) atoms. The van der Waals surface area contributed by atoms with E-state index in [1.165, 1.54) is 4.90 Å². The van der Waals surface area contributed by atoms with Crippen LogP contribution in [0.3, 0.4) is 0 Å². The summed E-state index contributed by atoms with van der Waals surface area (Å²) in [6.07, 6.45) is 0.847. The Morgan fingerprint density at radius 3 is 2.47 bits per heavy atom. The normalized spacial score (nSPS) is 16.7. The van der Waals surface area contributed by atoms with Gasteiger partial charge in [-0.05, 0) is 68.7 Å². The minimum Gasteiger partial charge on any atom is -0.507 e. The largest absolute Gasteiger partial charge is 0.507 e. The van der Waals surface area contributed by atoms with E-state index in [1.54, 1.807) is 63.2 Å². The van der Waals surface area contributed by atoms with E-state index in [-0.39, 0.29) is 27.9 Å². The third-order valence-corrected chi connectivity index (χ3v) is 7.40. The van der Waals surface area contributed by atoms with Gasteiger partial charge in [0.05, 0.1) is 30.5 Å². The van der Waals surface area contributed by atoms with Gasteiger partial charge in [-0.1, -0.05) is 42.0 Å². The fourth-order valence-electron chi connectivity index (χ4n) is 4.22. The molecule has 4 rings (SSSR count). The van der Waals surface area contributed by atoms with Gasteiger partial charge in [-0.25, -0.2) is 9.78 Å². The summed E-state index contributed by atoms with van der Waals surface area (Å²) in [5.74, 6) is -1.96. The van der Waals surface area contributed by atoms with Crippen LogP contribution in [0.1, 0.15) is 58.4 Å². The lowest BCUT2D eigenvalue weighted by Crippen LogP contribution is -2.29. The lowest BCUT2D eigenvalue weighted by Gasteiger charge is -2.23. The predicted octanol–water partition coefficient (Wildman–Crippen LogP) is 6.01. The number of aliphatic hydroxyl groups excluding tert-OH is 1. The van der Waals surface area contributed by atoms with Crippen molar-refractivity contribution in [1.29, 1.82) is 0 Å². The maximum Gasteiger partial charge on any atom is 0.350 e. The summed E-state index contributed by atoms with van der Waals surface area (Å²) in [5.41, 5.74) is 1.90. The highest BCUT2D eigenvalue weighted by Crippen LogP contribution is 2.44. The summed E-state index contributed by atoms with van der Waals surface area (Å²) >= 11 is 7.06. The average molecular weight is 555 g/mol. The van der Waals surface area contributed by atoms with Gasteiger partial charge in [-0.2, -0.15) is 0 Å². The molecule has 0 saturated carbocycles. The van der Waals surface area contributed by atoms with Gasteiger partial charge in [-0.3, -0.25) is 14.5 Å². The molecule has 198 valence electrons. The number of thiazole rings is 1. The monoisotopic (exact) mass is 554 g/mol. The number of nitrogens with zero attached hydrogens (tertiary/aromatic N) is 2. The molecule has 0 unspecified atom stereocenters. The SMILES string of the molecule is CCCOc1ccc(C(O)=C2C(=O)C(=O)N(c3nc(C)c(C(=O)OCC)s3)[C@@H]2c2ccc(Cl)cc2)c(C)c1. The number of aliphatic hydroxyl groups is 1. The van der Waals surface area contributed by atoms with Crippen molar-refractivity contribution in [3.8, 4) is 5.75 Å². The number of ether oxygens (including phenoxy) is 2. The van der Waals surface area contributed by atoms with Crippen molar-refractivity contribution in [3.63, 3.8) is 0 Å². The standard InChI is InChI=1S/C28H27ClN2O6S/c1-5-13-37-19-11-12-20(15(3)14-19)23(32)21-22(17-7-9-18(29)10-8-17)31(26(34)24(21)33)28-30-16(4)25(38-28)27(35)36-6-2/h7-12,14,22,32H,5-6,13H2,1-4H3/t22-/m1/s1. The minimum atomic E-state index is -0.997. The number of benzene rings is 2. The molecule has 1 saturated heterocycles. The van der Waals surface area contributed by atoms with Crippen LogP contribution in [0.25, 0.3) is 5.76 Å². The average Bonchev–Trinajstić information content (AvgIpc) is 3.39. The van der Waals surface area contributed by atoms with Crippen molar-refractivity contribution in [2.24, 2.45) is 0 Å². The zero-order chi connectivity index (χ0) is 27.6. The third-order valence-electron chi connectivity index (χ3n) is 6.01. The smallest absolute Gasteiger partial charge is 0.350 e. The fourth-order valence-corrected chi connectivity index (χ4v) is 5.33. The number of aryl methyl sites for hydroxylation is 2.